The molecule has 3 N–H and O–H groups in total. The molecule has 0 radical (unpaired) electrons. The molecule has 0 saturated carbocycles. The van der Waals surface area contributed by atoms with E-state index in [4.69, 9.17) is 38.4 Å². The fourth-order valence-electron chi connectivity index (χ4n) is 3.05. The summed E-state index contributed by atoms with van der Waals surface area (Å²) in [5.41, 5.74) is 7.53. The van der Waals surface area contributed by atoms with Crippen LogP contribution in [0, 0.1) is 0 Å². The highest BCUT2D eigenvalue weighted by Crippen LogP contribution is 2.36. The van der Waals surface area contributed by atoms with E-state index in [1.165, 1.54) is 0 Å². The van der Waals surface area contributed by atoms with Gasteiger partial charge >= 0.3 is 6.09 Å². The van der Waals surface area contributed by atoms with Gasteiger partial charge in [-0.25, -0.2) is 9.79 Å². The lowest BCUT2D eigenvalue weighted by Gasteiger charge is -2.26. The number of hydrogen-bond acceptors (Lipinski definition) is 5. The minimum atomic E-state index is -0.624. The summed E-state index contributed by atoms with van der Waals surface area (Å²) >= 11 is 12.6. The number of carbonyl (C=O) groups excluding carboxylic acids is 1. The van der Waals surface area contributed by atoms with Crippen molar-refractivity contribution in [3.63, 3.8) is 0 Å². The SMILES string of the molecule is CC1Oc2ccc(C(Cc3cccc(Cl)c3Cl)NC(=O)OC(C)(C)C)cc2N=C1N. The maximum absolute atomic E-state index is 12.5. The van der Waals surface area contributed by atoms with Crippen molar-refractivity contribution in [2.24, 2.45) is 10.7 Å². The molecule has 0 aliphatic carbocycles. The quantitative estimate of drug-likeness (QED) is 0.638. The van der Waals surface area contributed by atoms with E-state index in [1.54, 1.807) is 6.07 Å². The van der Waals surface area contributed by atoms with E-state index in [9.17, 15) is 4.79 Å². The van der Waals surface area contributed by atoms with Crippen LogP contribution in [-0.4, -0.2) is 23.6 Å². The average molecular weight is 450 g/mol. The molecule has 1 heterocycles. The highest BCUT2D eigenvalue weighted by molar-refractivity contribution is 6.42. The largest absolute Gasteiger partial charge is 0.481 e. The molecule has 30 heavy (non-hydrogen) atoms. The van der Waals surface area contributed by atoms with Crippen LogP contribution in [0.1, 0.15) is 44.9 Å². The van der Waals surface area contributed by atoms with Gasteiger partial charge in [0.2, 0.25) is 0 Å². The zero-order valence-electron chi connectivity index (χ0n) is 17.3. The third-order valence-corrected chi connectivity index (χ3v) is 5.36. The molecule has 2 unspecified atom stereocenters. The van der Waals surface area contributed by atoms with Crippen LogP contribution in [0.4, 0.5) is 10.5 Å². The van der Waals surface area contributed by atoms with Gasteiger partial charge in [-0.15, -0.1) is 0 Å². The Morgan fingerprint density at radius 2 is 2.03 bits per heavy atom. The molecule has 1 aliphatic rings. The lowest BCUT2D eigenvalue weighted by Crippen LogP contribution is -2.36. The lowest BCUT2D eigenvalue weighted by atomic mass is 9.98. The summed E-state index contributed by atoms with van der Waals surface area (Å²) in [6, 6.07) is 10.5. The number of fused-ring (bicyclic) bond motifs is 1. The Morgan fingerprint density at radius 1 is 1.30 bits per heavy atom. The third kappa shape index (κ3) is 5.37. The maximum Gasteiger partial charge on any atom is 0.408 e. The second kappa shape index (κ2) is 8.74. The first-order chi connectivity index (χ1) is 14.0. The monoisotopic (exact) mass is 449 g/mol. The molecular formula is C22H25Cl2N3O3. The number of rotatable bonds is 4. The smallest absolute Gasteiger partial charge is 0.408 e. The van der Waals surface area contributed by atoms with Crippen molar-refractivity contribution in [3.8, 4) is 5.75 Å². The van der Waals surface area contributed by atoms with E-state index in [2.05, 4.69) is 10.3 Å². The zero-order chi connectivity index (χ0) is 22.1. The molecule has 160 valence electrons. The number of carbonyl (C=O) groups is 1. The fourth-order valence-corrected chi connectivity index (χ4v) is 3.44. The third-order valence-electron chi connectivity index (χ3n) is 4.50. The molecule has 3 rings (SSSR count). The number of halogens is 2. The molecule has 0 saturated heterocycles. The van der Waals surface area contributed by atoms with E-state index < -0.39 is 17.7 Å². The molecule has 1 amide bonds. The van der Waals surface area contributed by atoms with Crippen LogP contribution in [0.5, 0.6) is 5.75 Å². The Bertz CT molecular complexity index is 986. The molecule has 6 nitrogen and oxygen atoms in total. The Labute approximate surface area is 186 Å². The maximum atomic E-state index is 12.5. The number of nitrogens with zero attached hydrogens (tertiary/aromatic N) is 1. The van der Waals surface area contributed by atoms with Crippen LogP contribution >= 0.6 is 23.2 Å². The molecule has 0 bridgehead atoms. The molecule has 1 aliphatic heterocycles. The standard InChI is InChI=1S/C22H25Cl2N3O3/c1-12-20(25)26-17-10-13(8-9-18(17)29-12)16(27-21(28)30-22(2,3)4)11-14-6-5-7-15(23)19(14)24/h5-10,12,16H,11H2,1-4H3,(H2,25,26)(H,27,28). The normalized spacial score (nSPS) is 16.7. The van der Waals surface area contributed by atoms with E-state index in [0.29, 0.717) is 33.7 Å². The van der Waals surface area contributed by atoms with Gasteiger partial charge in [-0.05, 0) is 63.4 Å². The number of benzene rings is 2. The summed E-state index contributed by atoms with van der Waals surface area (Å²) < 4.78 is 11.2. The number of amidine groups is 1. The Hall–Kier alpha value is -2.44. The number of aliphatic imine (C=N–C) groups is 1. The summed E-state index contributed by atoms with van der Waals surface area (Å²) in [5, 5.41) is 3.83. The lowest BCUT2D eigenvalue weighted by molar-refractivity contribution is 0.0503. The molecule has 0 fully saturated rings. The summed E-state index contributed by atoms with van der Waals surface area (Å²) in [6.07, 6.45) is -0.408. The molecule has 2 aromatic carbocycles. The predicted octanol–water partition coefficient (Wildman–Crippen LogP) is 5.57. The van der Waals surface area contributed by atoms with Crippen LogP contribution in [-0.2, 0) is 11.2 Å². The number of alkyl carbamates (subject to hydrolysis) is 1. The van der Waals surface area contributed by atoms with Gasteiger partial charge in [-0.1, -0.05) is 41.4 Å². The molecule has 2 aromatic rings. The Kier molecular flexibility index (Phi) is 6.48. The highest BCUT2D eigenvalue weighted by Gasteiger charge is 2.24. The number of amides is 1. The van der Waals surface area contributed by atoms with Crippen LogP contribution in [0.2, 0.25) is 10.0 Å². The highest BCUT2D eigenvalue weighted by atomic mass is 35.5. The second-order valence-electron chi connectivity index (χ2n) is 8.14. The number of nitrogens with one attached hydrogen (secondary N) is 1. The van der Waals surface area contributed by atoms with Crippen molar-refractivity contribution in [2.75, 3.05) is 0 Å². The Balaban J connectivity index is 1.94. The molecule has 0 spiro atoms. The van der Waals surface area contributed by atoms with Crippen molar-refractivity contribution < 1.29 is 14.3 Å². The first-order valence-electron chi connectivity index (χ1n) is 9.60. The molecular weight excluding hydrogens is 425 g/mol. The van der Waals surface area contributed by atoms with Gasteiger partial charge in [0.1, 0.15) is 22.9 Å². The molecule has 2 atom stereocenters. The van der Waals surface area contributed by atoms with Gasteiger partial charge in [-0.3, -0.25) is 0 Å². The number of hydrogen-bond donors (Lipinski definition) is 2. The van der Waals surface area contributed by atoms with Crippen molar-refractivity contribution in [3.05, 3.63) is 57.6 Å². The number of nitrogens with two attached hydrogens (primary N) is 1. The van der Waals surface area contributed by atoms with E-state index in [1.807, 2.05) is 58.0 Å². The minimum absolute atomic E-state index is 0.288. The second-order valence-corrected chi connectivity index (χ2v) is 8.92. The van der Waals surface area contributed by atoms with Crippen molar-refractivity contribution in [1.82, 2.24) is 5.32 Å². The zero-order valence-corrected chi connectivity index (χ0v) is 18.8. The van der Waals surface area contributed by atoms with Gasteiger partial charge < -0.3 is 20.5 Å². The van der Waals surface area contributed by atoms with Crippen LogP contribution in [0.3, 0.4) is 0 Å². The van der Waals surface area contributed by atoms with Gasteiger partial charge in [0.25, 0.3) is 0 Å². The molecule has 8 heteroatoms. The summed E-state index contributed by atoms with van der Waals surface area (Å²) in [4.78, 5) is 16.9. The van der Waals surface area contributed by atoms with E-state index >= 15 is 0 Å². The van der Waals surface area contributed by atoms with Crippen molar-refractivity contribution in [1.29, 1.82) is 0 Å². The van der Waals surface area contributed by atoms with E-state index in [-0.39, 0.29) is 6.10 Å². The van der Waals surface area contributed by atoms with Crippen LogP contribution < -0.4 is 15.8 Å². The van der Waals surface area contributed by atoms with Crippen LogP contribution in [0.25, 0.3) is 0 Å². The van der Waals surface area contributed by atoms with Gasteiger partial charge in [0, 0.05) is 0 Å². The van der Waals surface area contributed by atoms with Gasteiger partial charge in [-0.2, -0.15) is 0 Å². The average Bonchev–Trinajstić information content (AvgIpc) is 2.64. The topological polar surface area (TPSA) is 85.9 Å². The minimum Gasteiger partial charge on any atom is -0.481 e. The first-order valence-corrected chi connectivity index (χ1v) is 10.4. The fraction of sp³-hybridized carbons (Fsp3) is 0.364. The van der Waals surface area contributed by atoms with Gasteiger partial charge in [0.05, 0.1) is 16.1 Å². The summed E-state index contributed by atoms with van der Waals surface area (Å²) in [5.74, 6) is 1.03. The van der Waals surface area contributed by atoms with Crippen molar-refractivity contribution >= 4 is 40.8 Å². The predicted molar refractivity (Wildman–Crippen MR) is 120 cm³/mol. The summed E-state index contributed by atoms with van der Waals surface area (Å²) in [6.45, 7) is 7.27. The van der Waals surface area contributed by atoms with Crippen molar-refractivity contribution in [2.45, 2.75) is 51.9 Å². The van der Waals surface area contributed by atoms with Crippen LogP contribution in [0.15, 0.2) is 41.4 Å². The molecule has 0 aromatic heterocycles. The summed E-state index contributed by atoms with van der Waals surface area (Å²) in [7, 11) is 0. The van der Waals surface area contributed by atoms with Gasteiger partial charge in [0.15, 0.2) is 6.10 Å². The first kappa shape index (κ1) is 22.2. The van der Waals surface area contributed by atoms with E-state index in [0.717, 1.165) is 11.1 Å². The number of ether oxygens (including phenoxy) is 2. The Morgan fingerprint density at radius 3 is 2.73 bits per heavy atom.